The van der Waals surface area contributed by atoms with Crippen molar-refractivity contribution in [2.75, 3.05) is 6.54 Å². The molecule has 0 amide bonds. The molecule has 1 fully saturated rings. The first-order chi connectivity index (χ1) is 14.7. The van der Waals surface area contributed by atoms with E-state index in [9.17, 15) is 0 Å². The third kappa shape index (κ3) is 4.50. The van der Waals surface area contributed by atoms with E-state index in [0.717, 1.165) is 37.0 Å². The van der Waals surface area contributed by atoms with Gasteiger partial charge in [0.1, 0.15) is 12.4 Å². The van der Waals surface area contributed by atoms with Gasteiger partial charge in [0, 0.05) is 36.7 Å². The van der Waals surface area contributed by atoms with Crippen molar-refractivity contribution in [1.82, 2.24) is 30.4 Å². The van der Waals surface area contributed by atoms with Crippen LogP contribution in [0, 0.1) is 6.92 Å². The number of guanidine groups is 1. The van der Waals surface area contributed by atoms with E-state index < -0.39 is 0 Å². The van der Waals surface area contributed by atoms with E-state index >= 15 is 0 Å². The number of aromatic nitrogens is 4. The number of aryl methyl sites for hydroxylation is 2. The smallest absolute Gasteiger partial charge is 0.191 e. The molecule has 0 atom stereocenters. The van der Waals surface area contributed by atoms with E-state index in [0.29, 0.717) is 12.6 Å². The summed E-state index contributed by atoms with van der Waals surface area (Å²) in [6.07, 6.45) is 9.15. The van der Waals surface area contributed by atoms with Crippen molar-refractivity contribution in [1.29, 1.82) is 0 Å². The molecule has 0 bridgehead atoms. The Bertz CT molecular complexity index is 1010. The van der Waals surface area contributed by atoms with E-state index in [-0.39, 0.29) is 0 Å². The largest absolute Gasteiger partial charge is 0.361 e. The van der Waals surface area contributed by atoms with E-state index in [1.807, 2.05) is 18.5 Å². The lowest BCUT2D eigenvalue weighted by atomic mass is 10.1. The Morgan fingerprint density at radius 3 is 2.80 bits per heavy atom. The second-order valence-electron chi connectivity index (χ2n) is 8.20. The Morgan fingerprint density at radius 2 is 2.07 bits per heavy atom. The lowest BCUT2D eigenvalue weighted by Gasteiger charge is -2.17. The standard InChI is InChI=1S/C23H33N7/c1-4-17-8-7-11-20-18(14-25-22(17)20)12-13-24-23(27-19-9-5-6-10-19)26-15-21-29-28-16(2)30(21)3/h7-8,11,14,19,25H,4-6,9-10,12-13,15H2,1-3H3,(H2,24,26,27). The van der Waals surface area contributed by atoms with Crippen molar-refractivity contribution < 1.29 is 0 Å². The highest BCUT2D eigenvalue weighted by atomic mass is 15.3. The van der Waals surface area contributed by atoms with Gasteiger partial charge >= 0.3 is 0 Å². The van der Waals surface area contributed by atoms with Crippen LogP contribution in [0.3, 0.4) is 0 Å². The minimum Gasteiger partial charge on any atom is -0.361 e. The molecule has 1 aromatic carbocycles. The molecular formula is C23H33N7. The van der Waals surface area contributed by atoms with Crippen LogP contribution in [0.5, 0.6) is 0 Å². The number of nitrogens with one attached hydrogen (secondary N) is 3. The quantitative estimate of drug-likeness (QED) is 0.414. The van der Waals surface area contributed by atoms with Crippen LogP contribution < -0.4 is 10.6 Å². The number of hydrogen-bond donors (Lipinski definition) is 3. The molecule has 2 aromatic heterocycles. The number of aromatic amines is 1. The van der Waals surface area contributed by atoms with Gasteiger partial charge in [-0.15, -0.1) is 10.2 Å². The molecule has 30 heavy (non-hydrogen) atoms. The molecular weight excluding hydrogens is 374 g/mol. The summed E-state index contributed by atoms with van der Waals surface area (Å²) in [6, 6.07) is 7.08. The number of fused-ring (bicyclic) bond motifs is 1. The van der Waals surface area contributed by atoms with Gasteiger partial charge in [-0.3, -0.25) is 0 Å². The number of para-hydroxylation sites is 1. The average Bonchev–Trinajstić information content (AvgIpc) is 3.49. The molecule has 7 heteroatoms. The summed E-state index contributed by atoms with van der Waals surface area (Å²) in [6.45, 7) is 5.51. The number of rotatable bonds is 7. The summed E-state index contributed by atoms with van der Waals surface area (Å²) in [5.74, 6) is 2.66. The Labute approximate surface area is 178 Å². The van der Waals surface area contributed by atoms with Gasteiger partial charge in [0.25, 0.3) is 0 Å². The van der Waals surface area contributed by atoms with Gasteiger partial charge in [-0.1, -0.05) is 38.0 Å². The zero-order valence-electron chi connectivity index (χ0n) is 18.3. The van der Waals surface area contributed by atoms with Crippen LogP contribution in [-0.4, -0.2) is 38.3 Å². The molecule has 4 rings (SSSR count). The summed E-state index contributed by atoms with van der Waals surface area (Å²) in [5.41, 5.74) is 3.98. The first kappa shape index (κ1) is 20.4. The van der Waals surface area contributed by atoms with E-state index in [2.05, 4.69) is 57.1 Å². The zero-order chi connectivity index (χ0) is 20.9. The molecule has 160 valence electrons. The number of nitrogens with zero attached hydrogens (tertiary/aromatic N) is 4. The molecule has 7 nitrogen and oxygen atoms in total. The third-order valence-corrected chi connectivity index (χ3v) is 6.21. The molecule has 3 N–H and O–H groups in total. The monoisotopic (exact) mass is 407 g/mol. The van der Waals surface area contributed by atoms with Crippen LogP contribution in [0.1, 0.15) is 55.4 Å². The SMILES string of the molecule is CCc1cccc2c(CCNC(=NCc3nnc(C)n3C)NC3CCCC3)c[nH]c12. The Morgan fingerprint density at radius 1 is 1.23 bits per heavy atom. The highest BCUT2D eigenvalue weighted by Gasteiger charge is 2.16. The Kier molecular flexibility index (Phi) is 6.35. The average molecular weight is 408 g/mol. The van der Waals surface area contributed by atoms with Crippen molar-refractivity contribution >= 4 is 16.9 Å². The summed E-state index contributed by atoms with van der Waals surface area (Å²) >= 11 is 0. The highest BCUT2D eigenvalue weighted by Crippen LogP contribution is 2.22. The minimum atomic E-state index is 0.512. The van der Waals surface area contributed by atoms with Crippen molar-refractivity contribution in [2.45, 2.75) is 65.0 Å². The number of aliphatic imine (C=N–C) groups is 1. The maximum Gasteiger partial charge on any atom is 0.191 e. The highest BCUT2D eigenvalue weighted by molar-refractivity contribution is 5.86. The van der Waals surface area contributed by atoms with E-state index in [1.165, 1.54) is 47.7 Å². The molecule has 1 aliphatic carbocycles. The molecule has 0 unspecified atom stereocenters. The Hall–Kier alpha value is -2.83. The summed E-state index contributed by atoms with van der Waals surface area (Å²) in [5, 5.41) is 16.9. The van der Waals surface area contributed by atoms with Crippen molar-refractivity contribution in [3.8, 4) is 0 Å². The topological polar surface area (TPSA) is 82.9 Å². The molecule has 0 saturated heterocycles. The predicted octanol–water partition coefficient (Wildman–Crippen LogP) is 3.39. The first-order valence-electron chi connectivity index (χ1n) is 11.1. The first-order valence-corrected chi connectivity index (χ1v) is 11.1. The number of H-pyrrole nitrogens is 1. The van der Waals surface area contributed by atoms with Crippen LogP contribution in [0.2, 0.25) is 0 Å². The maximum absolute atomic E-state index is 4.80. The van der Waals surface area contributed by atoms with Crippen LogP contribution in [0.15, 0.2) is 29.4 Å². The molecule has 2 heterocycles. The van der Waals surface area contributed by atoms with Crippen LogP contribution in [-0.2, 0) is 26.4 Å². The van der Waals surface area contributed by atoms with Gasteiger partial charge in [0.15, 0.2) is 11.8 Å². The molecule has 1 saturated carbocycles. The number of hydrogen-bond acceptors (Lipinski definition) is 3. The molecule has 3 aromatic rings. The summed E-state index contributed by atoms with van der Waals surface area (Å²) in [7, 11) is 1.99. The fraction of sp³-hybridized carbons (Fsp3) is 0.522. The fourth-order valence-corrected chi connectivity index (χ4v) is 4.25. The van der Waals surface area contributed by atoms with E-state index in [4.69, 9.17) is 4.99 Å². The van der Waals surface area contributed by atoms with Crippen LogP contribution >= 0.6 is 0 Å². The zero-order valence-corrected chi connectivity index (χ0v) is 18.3. The van der Waals surface area contributed by atoms with Gasteiger partial charge in [-0.2, -0.15) is 0 Å². The fourth-order valence-electron chi connectivity index (χ4n) is 4.25. The van der Waals surface area contributed by atoms with Gasteiger partial charge < -0.3 is 20.2 Å². The van der Waals surface area contributed by atoms with E-state index in [1.54, 1.807) is 0 Å². The third-order valence-electron chi connectivity index (χ3n) is 6.21. The molecule has 0 radical (unpaired) electrons. The van der Waals surface area contributed by atoms with Crippen LogP contribution in [0.25, 0.3) is 10.9 Å². The predicted molar refractivity (Wildman–Crippen MR) is 122 cm³/mol. The van der Waals surface area contributed by atoms with Crippen molar-refractivity contribution in [3.63, 3.8) is 0 Å². The Balaban J connectivity index is 1.42. The second kappa shape index (κ2) is 9.32. The van der Waals surface area contributed by atoms with Crippen molar-refractivity contribution in [2.24, 2.45) is 12.0 Å². The van der Waals surface area contributed by atoms with Crippen molar-refractivity contribution in [3.05, 3.63) is 47.2 Å². The van der Waals surface area contributed by atoms with Gasteiger partial charge in [-0.25, -0.2) is 4.99 Å². The lowest BCUT2D eigenvalue weighted by Crippen LogP contribution is -2.43. The minimum absolute atomic E-state index is 0.512. The number of benzene rings is 1. The van der Waals surface area contributed by atoms with Gasteiger partial charge in [-0.05, 0) is 43.7 Å². The molecule has 0 spiro atoms. The summed E-state index contributed by atoms with van der Waals surface area (Å²) in [4.78, 5) is 8.27. The summed E-state index contributed by atoms with van der Waals surface area (Å²) < 4.78 is 1.99. The second-order valence-corrected chi connectivity index (χ2v) is 8.20. The van der Waals surface area contributed by atoms with Crippen LogP contribution in [0.4, 0.5) is 0 Å². The maximum atomic E-state index is 4.80. The van der Waals surface area contributed by atoms with Gasteiger partial charge in [0.05, 0.1) is 0 Å². The molecule has 1 aliphatic rings. The van der Waals surface area contributed by atoms with Gasteiger partial charge in [0.2, 0.25) is 0 Å². The normalized spacial score (nSPS) is 15.2. The molecule has 0 aliphatic heterocycles. The lowest BCUT2D eigenvalue weighted by molar-refractivity contribution is 0.610.